The number of nitriles is 1. The first-order valence-corrected chi connectivity index (χ1v) is 15.8. The molecule has 4 amide bonds. The smallest absolute Gasteiger partial charge is 0.331 e. The van der Waals surface area contributed by atoms with Gasteiger partial charge in [0.15, 0.2) is 0 Å². The first-order valence-electron chi connectivity index (χ1n) is 15.0. The van der Waals surface area contributed by atoms with Crippen LogP contribution in [0.5, 0.6) is 11.5 Å². The molecule has 4 aromatic rings. The second kappa shape index (κ2) is 11.7. The van der Waals surface area contributed by atoms with E-state index in [2.05, 4.69) is 21.7 Å². The van der Waals surface area contributed by atoms with E-state index < -0.39 is 0 Å². The molecule has 2 aliphatic heterocycles. The van der Waals surface area contributed by atoms with Crippen molar-refractivity contribution in [2.45, 2.75) is 38.6 Å². The van der Waals surface area contributed by atoms with Gasteiger partial charge in [-0.3, -0.25) is 14.5 Å². The fourth-order valence-corrected chi connectivity index (χ4v) is 6.93. The first-order chi connectivity index (χ1) is 21.9. The van der Waals surface area contributed by atoms with Gasteiger partial charge < -0.3 is 20.3 Å². The number of anilines is 3. The molecule has 1 atom stereocenters. The van der Waals surface area contributed by atoms with Gasteiger partial charge in [-0.1, -0.05) is 24.3 Å². The van der Waals surface area contributed by atoms with Gasteiger partial charge in [-0.05, 0) is 80.5 Å². The summed E-state index contributed by atoms with van der Waals surface area (Å²) >= 11 is 1.22. The molecule has 2 aromatic carbocycles. The lowest BCUT2D eigenvalue weighted by molar-refractivity contribution is -0.128. The van der Waals surface area contributed by atoms with Gasteiger partial charge in [0.25, 0.3) is 11.8 Å². The van der Waals surface area contributed by atoms with Crippen LogP contribution in [0.4, 0.5) is 21.9 Å². The van der Waals surface area contributed by atoms with Crippen molar-refractivity contribution >= 4 is 56.5 Å². The van der Waals surface area contributed by atoms with Gasteiger partial charge in [-0.25, -0.2) is 9.78 Å². The Labute approximate surface area is 263 Å². The second-order valence-corrected chi connectivity index (χ2v) is 12.5. The summed E-state index contributed by atoms with van der Waals surface area (Å²) in [5.74, 6) is 1.07. The van der Waals surface area contributed by atoms with Gasteiger partial charge in [-0.15, -0.1) is 11.3 Å². The van der Waals surface area contributed by atoms with Gasteiger partial charge in [0.05, 0.1) is 22.4 Å². The molecule has 3 aliphatic rings. The van der Waals surface area contributed by atoms with Crippen LogP contribution in [0.3, 0.4) is 0 Å². The van der Waals surface area contributed by atoms with Gasteiger partial charge in [0.1, 0.15) is 32.8 Å². The third-order valence-electron chi connectivity index (χ3n) is 8.26. The van der Waals surface area contributed by atoms with Crippen molar-refractivity contribution in [1.82, 2.24) is 15.2 Å². The monoisotopic (exact) mass is 618 g/mol. The number of nitrogens with zero attached hydrogens (tertiary/aromatic N) is 4. The summed E-state index contributed by atoms with van der Waals surface area (Å²) in [5.41, 5.74) is 2.76. The zero-order chi connectivity index (χ0) is 31.1. The number of hydrogen-bond acceptors (Lipinski definition) is 7. The van der Waals surface area contributed by atoms with Crippen LogP contribution < -0.4 is 20.3 Å². The van der Waals surface area contributed by atoms with E-state index in [1.165, 1.54) is 11.3 Å². The zero-order valence-electron chi connectivity index (χ0n) is 24.6. The molecule has 2 aromatic heterocycles. The second-order valence-electron chi connectivity index (χ2n) is 11.5. The molecule has 1 aliphatic carbocycles. The van der Waals surface area contributed by atoms with E-state index in [1.54, 1.807) is 28.1 Å². The molecule has 0 bridgehead atoms. The average molecular weight is 619 g/mol. The largest absolute Gasteiger partial charge is 0.457 e. The molecule has 226 valence electrons. The Morgan fingerprint density at radius 2 is 1.93 bits per heavy atom. The molecule has 1 unspecified atom stereocenters. The summed E-state index contributed by atoms with van der Waals surface area (Å²) in [6, 6.07) is 18.2. The first kappa shape index (κ1) is 28.6. The van der Waals surface area contributed by atoms with Crippen molar-refractivity contribution < 1.29 is 19.1 Å². The topological polar surface area (TPSA) is 128 Å². The van der Waals surface area contributed by atoms with Crippen LogP contribution in [0.15, 0.2) is 72.4 Å². The van der Waals surface area contributed by atoms with E-state index in [1.807, 2.05) is 55.5 Å². The Balaban J connectivity index is 1.12. The SMILES string of the molecule is Cc1cc(Oc2ccccc2)ccc1N1C(=O)Nc2c(C(=O)NC3CCCN(C(=O)C(C#N)=CC4CC4)C3)sc3nccc1c23. The Bertz CT molecular complexity index is 1910. The van der Waals surface area contributed by atoms with Gasteiger partial charge in [0.2, 0.25) is 0 Å². The highest BCUT2D eigenvalue weighted by atomic mass is 32.1. The Morgan fingerprint density at radius 1 is 1.11 bits per heavy atom. The molecule has 45 heavy (non-hydrogen) atoms. The van der Waals surface area contributed by atoms with Crippen LogP contribution in [-0.2, 0) is 4.79 Å². The summed E-state index contributed by atoms with van der Waals surface area (Å²) in [5, 5.41) is 16.2. The molecule has 10 nitrogen and oxygen atoms in total. The zero-order valence-corrected chi connectivity index (χ0v) is 25.4. The molecule has 7 rings (SSSR count). The number of aryl methyl sites for hydroxylation is 1. The van der Waals surface area contributed by atoms with E-state index in [0.717, 1.165) is 24.2 Å². The molecule has 0 spiro atoms. The van der Waals surface area contributed by atoms with Crippen LogP contribution in [-0.4, -0.2) is 46.9 Å². The summed E-state index contributed by atoms with van der Waals surface area (Å²) < 4.78 is 5.98. The minimum atomic E-state index is -0.386. The van der Waals surface area contributed by atoms with E-state index in [4.69, 9.17) is 4.74 Å². The van der Waals surface area contributed by atoms with Crippen LogP contribution >= 0.6 is 11.3 Å². The van der Waals surface area contributed by atoms with Crippen LogP contribution in [0.2, 0.25) is 0 Å². The molecule has 1 saturated carbocycles. The number of para-hydroxylation sites is 1. The van der Waals surface area contributed by atoms with Crippen molar-refractivity contribution in [1.29, 1.82) is 5.26 Å². The number of hydrogen-bond donors (Lipinski definition) is 2. The van der Waals surface area contributed by atoms with Gasteiger partial charge in [-0.2, -0.15) is 5.26 Å². The van der Waals surface area contributed by atoms with Gasteiger partial charge in [0, 0.05) is 25.3 Å². The summed E-state index contributed by atoms with van der Waals surface area (Å²) in [6.45, 7) is 2.78. The third kappa shape index (κ3) is 5.60. The quantitative estimate of drug-likeness (QED) is 0.176. The lowest BCUT2D eigenvalue weighted by Gasteiger charge is -2.33. The number of amides is 4. The molecular formula is C34H30N6O4S. The predicted octanol–water partition coefficient (Wildman–Crippen LogP) is 6.66. The van der Waals surface area contributed by atoms with Crippen LogP contribution in [0.1, 0.15) is 40.9 Å². The summed E-state index contributed by atoms with van der Waals surface area (Å²) in [4.78, 5) is 49.1. The molecule has 11 heteroatoms. The van der Waals surface area contributed by atoms with E-state index in [9.17, 15) is 19.6 Å². The highest BCUT2D eigenvalue weighted by Gasteiger charge is 2.35. The molecule has 1 saturated heterocycles. The number of urea groups is 1. The minimum Gasteiger partial charge on any atom is -0.457 e. The van der Waals surface area contributed by atoms with Crippen molar-refractivity contribution in [3.8, 4) is 17.6 Å². The fraction of sp³-hybridized carbons (Fsp3) is 0.265. The lowest BCUT2D eigenvalue weighted by atomic mass is 10.0. The maximum absolute atomic E-state index is 13.6. The van der Waals surface area contributed by atoms with Crippen molar-refractivity contribution in [3.05, 3.63) is 82.9 Å². The standard InChI is InChI=1S/C34H30N6O4S/c1-20-16-25(44-24-7-3-2-4-8-24)11-12-26(20)40-27-13-14-36-32-28(27)29(38-34(40)43)30(45-32)31(41)37-23-6-5-15-39(19-23)33(42)22(18-35)17-21-9-10-21/h2-4,7-8,11-14,16-17,21,23H,5-6,9-10,15,19H2,1H3,(H,37,41)(H,38,43). The molecule has 0 radical (unpaired) electrons. The van der Waals surface area contributed by atoms with E-state index in [-0.39, 0.29) is 29.5 Å². The maximum Gasteiger partial charge on any atom is 0.331 e. The Kier molecular flexibility index (Phi) is 7.43. The number of rotatable bonds is 7. The molecule has 2 N–H and O–H groups in total. The summed E-state index contributed by atoms with van der Waals surface area (Å²) in [7, 11) is 0. The summed E-state index contributed by atoms with van der Waals surface area (Å²) in [6.07, 6.45) is 6.85. The minimum absolute atomic E-state index is 0.179. The number of ether oxygens (including phenoxy) is 1. The van der Waals surface area contributed by atoms with Crippen LogP contribution in [0, 0.1) is 24.2 Å². The highest BCUT2D eigenvalue weighted by molar-refractivity contribution is 7.21. The Hall–Kier alpha value is -5.21. The van der Waals surface area contributed by atoms with E-state index >= 15 is 0 Å². The fourth-order valence-electron chi connectivity index (χ4n) is 5.91. The molecule has 2 fully saturated rings. The number of carbonyl (C=O) groups is 3. The third-order valence-corrected chi connectivity index (χ3v) is 9.36. The maximum atomic E-state index is 13.6. The predicted molar refractivity (Wildman–Crippen MR) is 172 cm³/mol. The number of likely N-dealkylation sites (tertiary alicyclic amines) is 1. The Morgan fingerprint density at radius 3 is 2.69 bits per heavy atom. The molecular weight excluding hydrogens is 588 g/mol. The number of nitrogens with one attached hydrogen (secondary N) is 2. The van der Waals surface area contributed by atoms with Gasteiger partial charge >= 0.3 is 6.03 Å². The number of carbonyl (C=O) groups excluding carboxylic acids is 3. The highest BCUT2D eigenvalue weighted by Crippen LogP contribution is 2.46. The number of aromatic nitrogens is 1. The van der Waals surface area contributed by atoms with Crippen molar-refractivity contribution in [2.24, 2.45) is 5.92 Å². The molecule has 4 heterocycles. The number of thiophene rings is 1. The lowest BCUT2D eigenvalue weighted by Crippen LogP contribution is -2.50. The average Bonchev–Trinajstić information content (AvgIpc) is 3.80. The number of allylic oxidation sites excluding steroid dienone is 1. The van der Waals surface area contributed by atoms with Crippen molar-refractivity contribution in [2.75, 3.05) is 23.3 Å². The normalized spacial score (nSPS) is 17.9. The van der Waals surface area contributed by atoms with Crippen molar-refractivity contribution in [3.63, 3.8) is 0 Å². The van der Waals surface area contributed by atoms with E-state index in [0.29, 0.717) is 69.8 Å². The number of pyridine rings is 1. The van der Waals surface area contributed by atoms with Crippen LogP contribution in [0.25, 0.3) is 10.2 Å². The number of benzene rings is 2. The number of piperidine rings is 1.